The summed E-state index contributed by atoms with van der Waals surface area (Å²) >= 11 is 0. The standard InChI is InChI=1S/C37H32N2O6/c1-37-29(34(42)39(36(37)44)24-10-6-3-7-11-24)18-28-26(32(37)23-16-22-17-25(40)12-15-30(22)45-20-23)13-14-27-31(28)35(43)38(33(27)41)19-21-8-4-2-5-9-21/h2-13,15,17,20,27-29,31-32,40H,14,16,18-19H2,1H3/t27-,28+,29-,31-,32-,37+/m0/s1. The molecule has 0 aromatic heterocycles. The molecule has 4 amide bonds. The van der Waals surface area contributed by atoms with Crippen molar-refractivity contribution in [3.05, 3.63) is 113 Å². The highest BCUT2D eigenvalue weighted by Gasteiger charge is 2.68. The first kappa shape index (κ1) is 27.6. The Kier molecular flexibility index (Phi) is 6.14. The van der Waals surface area contributed by atoms with E-state index in [2.05, 4.69) is 6.08 Å². The van der Waals surface area contributed by atoms with Gasteiger partial charge in [0.25, 0.3) is 0 Å². The molecular weight excluding hydrogens is 568 g/mol. The molecule has 8 nitrogen and oxygen atoms in total. The molecular formula is C37H32N2O6. The Morgan fingerprint density at radius 3 is 2.38 bits per heavy atom. The molecule has 1 N–H and O–H groups in total. The number of para-hydroxylation sites is 1. The van der Waals surface area contributed by atoms with Crippen molar-refractivity contribution >= 4 is 29.3 Å². The number of carbonyl (C=O) groups excluding carboxylic acids is 4. The first-order valence-corrected chi connectivity index (χ1v) is 15.5. The van der Waals surface area contributed by atoms with E-state index < -0.39 is 29.1 Å². The fourth-order valence-electron chi connectivity index (χ4n) is 8.66. The van der Waals surface area contributed by atoms with Crippen LogP contribution >= 0.6 is 0 Å². The number of anilines is 1. The molecule has 8 rings (SSSR count). The Balaban J connectivity index is 1.23. The molecule has 0 spiro atoms. The maximum absolute atomic E-state index is 14.5. The second-order valence-electron chi connectivity index (χ2n) is 13.0. The van der Waals surface area contributed by atoms with Crippen LogP contribution in [0.1, 0.15) is 30.9 Å². The van der Waals surface area contributed by atoms with E-state index in [1.54, 1.807) is 48.7 Å². The number of benzene rings is 3. The van der Waals surface area contributed by atoms with Gasteiger partial charge in [-0.1, -0.05) is 60.2 Å². The number of phenols is 1. The highest BCUT2D eigenvalue weighted by Crippen LogP contribution is 2.62. The average Bonchev–Trinajstić information content (AvgIpc) is 3.41. The van der Waals surface area contributed by atoms with E-state index in [9.17, 15) is 24.3 Å². The van der Waals surface area contributed by atoms with E-state index >= 15 is 0 Å². The van der Waals surface area contributed by atoms with Crippen LogP contribution < -0.4 is 9.64 Å². The second kappa shape index (κ2) is 10.0. The van der Waals surface area contributed by atoms with Crippen molar-refractivity contribution in [2.24, 2.45) is 35.0 Å². The van der Waals surface area contributed by atoms with Gasteiger partial charge in [0.2, 0.25) is 23.6 Å². The molecule has 8 heteroatoms. The molecule has 3 aliphatic heterocycles. The zero-order valence-corrected chi connectivity index (χ0v) is 24.8. The molecule has 0 radical (unpaired) electrons. The minimum absolute atomic E-state index is 0.111. The molecule has 3 heterocycles. The van der Waals surface area contributed by atoms with Crippen LogP contribution in [0.15, 0.2) is 102 Å². The molecule has 1 saturated carbocycles. The Morgan fingerprint density at radius 1 is 0.889 bits per heavy atom. The van der Waals surface area contributed by atoms with Gasteiger partial charge < -0.3 is 9.84 Å². The van der Waals surface area contributed by atoms with Crippen LogP contribution in [0.5, 0.6) is 11.5 Å². The highest BCUT2D eigenvalue weighted by atomic mass is 16.5. The number of nitrogens with zero attached hydrogens (tertiary/aromatic N) is 2. The molecule has 45 heavy (non-hydrogen) atoms. The fourth-order valence-corrected chi connectivity index (χ4v) is 8.66. The summed E-state index contributed by atoms with van der Waals surface area (Å²) in [6.45, 7) is 2.08. The number of likely N-dealkylation sites (tertiary alicyclic amines) is 1. The molecule has 226 valence electrons. The molecule has 0 unspecified atom stereocenters. The van der Waals surface area contributed by atoms with Crippen LogP contribution in [0.2, 0.25) is 0 Å². The quantitative estimate of drug-likeness (QED) is 0.327. The third-order valence-corrected chi connectivity index (χ3v) is 10.7. The van der Waals surface area contributed by atoms with Crippen molar-refractivity contribution in [3.63, 3.8) is 0 Å². The first-order valence-electron chi connectivity index (χ1n) is 15.5. The van der Waals surface area contributed by atoms with Crippen LogP contribution in [0.25, 0.3) is 0 Å². The summed E-state index contributed by atoms with van der Waals surface area (Å²) in [5.74, 6) is -2.96. The molecule has 6 atom stereocenters. The molecule has 2 aliphatic carbocycles. The Morgan fingerprint density at radius 2 is 1.62 bits per heavy atom. The van der Waals surface area contributed by atoms with Gasteiger partial charge in [-0.3, -0.25) is 24.1 Å². The van der Waals surface area contributed by atoms with E-state index in [-0.39, 0.29) is 41.8 Å². The van der Waals surface area contributed by atoms with Gasteiger partial charge in [-0.05, 0) is 67.2 Å². The van der Waals surface area contributed by atoms with Gasteiger partial charge in [0.15, 0.2) is 0 Å². The van der Waals surface area contributed by atoms with E-state index in [0.717, 1.165) is 22.3 Å². The lowest BCUT2D eigenvalue weighted by atomic mass is 9.51. The second-order valence-corrected chi connectivity index (χ2v) is 13.0. The monoisotopic (exact) mass is 600 g/mol. The first-order chi connectivity index (χ1) is 21.8. The number of carbonyl (C=O) groups is 4. The van der Waals surface area contributed by atoms with Gasteiger partial charge in [0, 0.05) is 17.9 Å². The Labute approximate surface area is 260 Å². The minimum atomic E-state index is -1.14. The molecule has 3 aromatic carbocycles. The topological polar surface area (TPSA) is 104 Å². The lowest BCUT2D eigenvalue weighted by molar-refractivity contribution is -0.141. The van der Waals surface area contributed by atoms with Crippen LogP contribution in [0, 0.1) is 35.0 Å². The number of aromatic hydroxyl groups is 1. The summed E-state index contributed by atoms with van der Waals surface area (Å²) in [6.07, 6.45) is 4.83. The van der Waals surface area contributed by atoms with Gasteiger partial charge in [-0.2, -0.15) is 0 Å². The Bertz CT molecular complexity index is 1830. The van der Waals surface area contributed by atoms with E-state index in [1.807, 2.05) is 43.3 Å². The maximum Gasteiger partial charge on any atom is 0.241 e. The van der Waals surface area contributed by atoms with Gasteiger partial charge in [-0.25, -0.2) is 4.90 Å². The van der Waals surface area contributed by atoms with Gasteiger partial charge in [0.1, 0.15) is 11.5 Å². The molecule has 0 bridgehead atoms. The number of fused-ring (bicyclic) bond motifs is 5. The number of phenolic OH excluding ortho intramolecular Hbond substituents is 1. The van der Waals surface area contributed by atoms with Crippen LogP contribution in [-0.4, -0.2) is 33.6 Å². The predicted molar refractivity (Wildman–Crippen MR) is 164 cm³/mol. The molecule has 5 aliphatic rings. The Hall–Kier alpha value is -4.98. The number of ether oxygens (including phenoxy) is 1. The summed E-state index contributed by atoms with van der Waals surface area (Å²) in [5.41, 5.74) is 2.77. The van der Waals surface area contributed by atoms with Crippen molar-refractivity contribution < 1.29 is 29.0 Å². The van der Waals surface area contributed by atoms with Crippen LogP contribution in [0.3, 0.4) is 0 Å². The predicted octanol–water partition coefficient (Wildman–Crippen LogP) is 5.17. The summed E-state index contributed by atoms with van der Waals surface area (Å²) in [5, 5.41) is 10.2. The zero-order valence-electron chi connectivity index (χ0n) is 24.8. The van der Waals surface area contributed by atoms with Crippen LogP contribution in [-0.2, 0) is 32.1 Å². The number of allylic oxidation sites excluding steroid dienone is 3. The highest BCUT2D eigenvalue weighted by molar-refractivity contribution is 6.24. The smallest absolute Gasteiger partial charge is 0.241 e. The van der Waals surface area contributed by atoms with Crippen LogP contribution in [0.4, 0.5) is 5.69 Å². The van der Waals surface area contributed by atoms with Crippen molar-refractivity contribution in [1.82, 2.24) is 4.90 Å². The average molecular weight is 601 g/mol. The summed E-state index contributed by atoms with van der Waals surface area (Å²) in [6, 6.07) is 23.4. The third kappa shape index (κ3) is 3.97. The lowest BCUT2D eigenvalue weighted by Gasteiger charge is -2.49. The number of rotatable bonds is 4. The molecule has 2 saturated heterocycles. The third-order valence-electron chi connectivity index (χ3n) is 10.7. The number of amides is 4. The van der Waals surface area contributed by atoms with Crippen molar-refractivity contribution in [2.45, 2.75) is 32.7 Å². The minimum Gasteiger partial charge on any atom is -0.508 e. The number of imide groups is 2. The number of hydrogen-bond acceptors (Lipinski definition) is 6. The SMILES string of the molecule is C[C@@]12C(=O)N(c3ccccc3)C(=O)[C@@H]1C[C@@H]1C(=CC[C@@H]3C(=O)N(Cc4ccccc4)C(=O)[C@@H]31)[C@@H]2C1=COc2ccc(O)cc2C1. The molecule has 3 aromatic rings. The van der Waals surface area contributed by atoms with Crippen molar-refractivity contribution in [1.29, 1.82) is 0 Å². The number of hydrogen-bond donors (Lipinski definition) is 1. The summed E-state index contributed by atoms with van der Waals surface area (Å²) in [7, 11) is 0. The maximum atomic E-state index is 14.5. The van der Waals surface area contributed by atoms with E-state index in [1.165, 1.54) is 9.80 Å². The van der Waals surface area contributed by atoms with Crippen molar-refractivity contribution in [2.75, 3.05) is 4.90 Å². The normalized spacial score (nSPS) is 30.2. The van der Waals surface area contributed by atoms with Gasteiger partial charge >= 0.3 is 0 Å². The zero-order chi connectivity index (χ0) is 31.0. The largest absolute Gasteiger partial charge is 0.508 e. The lowest BCUT2D eigenvalue weighted by Crippen LogP contribution is -2.51. The van der Waals surface area contributed by atoms with Crippen molar-refractivity contribution in [3.8, 4) is 11.5 Å². The van der Waals surface area contributed by atoms with E-state index in [0.29, 0.717) is 30.7 Å². The van der Waals surface area contributed by atoms with E-state index in [4.69, 9.17) is 4.74 Å². The summed E-state index contributed by atoms with van der Waals surface area (Å²) < 4.78 is 6.06. The van der Waals surface area contributed by atoms with Gasteiger partial charge in [0.05, 0.1) is 41.7 Å². The molecule has 3 fully saturated rings. The van der Waals surface area contributed by atoms with Gasteiger partial charge in [-0.15, -0.1) is 0 Å². The summed E-state index contributed by atoms with van der Waals surface area (Å²) in [4.78, 5) is 59.4. The fraction of sp³-hybridized carbons (Fsp3) is 0.297.